The minimum atomic E-state index is -3.13. The monoisotopic (exact) mass is 309 g/mol. The van der Waals surface area contributed by atoms with Gasteiger partial charge >= 0.3 is 0 Å². The summed E-state index contributed by atoms with van der Waals surface area (Å²) in [5.41, 5.74) is 1.02. The van der Waals surface area contributed by atoms with Gasteiger partial charge in [-0.05, 0) is 30.5 Å². The molecule has 1 aliphatic rings. The van der Waals surface area contributed by atoms with Gasteiger partial charge in [0.25, 0.3) is 0 Å². The molecule has 6 heteroatoms. The lowest BCUT2D eigenvalue weighted by molar-refractivity contribution is 0.601. The van der Waals surface area contributed by atoms with E-state index in [-0.39, 0.29) is 0 Å². The molecule has 0 aliphatic heterocycles. The highest BCUT2D eigenvalue weighted by molar-refractivity contribution is 7.90. The van der Waals surface area contributed by atoms with E-state index < -0.39 is 9.84 Å². The van der Waals surface area contributed by atoms with Crippen molar-refractivity contribution in [2.75, 3.05) is 13.3 Å². The van der Waals surface area contributed by atoms with E-state index in [4.69, 9.17) is 0 Å². The fourth-order valence-electron chi connectivity index (χ4n) is 2.50. The van der Waals surface area contributed by atoms with E-state index in [1.165, 1.54) is 31.9 Å². The van der Waals surface area contributed by atoms with E-state index in [0.29, 0.717) is 17.5 Å². The number of nitrogens with zero attached hydrogens (tertiary/aromatic N) is 1. The zero-order valence-electron chi connectivity index (χ0n) is 12.6. The van der Waals surface area contributed by atoms with Gasteiger partial charge < -0.3 is 10.6 Å². The standard InChI is InChI=1S/C15H23N3O2S/c1-16-15(18-13-5-3-4-6-13)17-11-12-7-9-14(10-8-12)21(2,19)20/h7-10,13H,3-6,11H2,1-2H3,(H2,16,17,18). The number of hydrogen-bond acceptors (Lipinski definition) is 3. The van der Waals surface area contributed by atoms with Gasteiger partial charge in [-0.15, -0.1) is 0 Å². The Balaban J connectivity index is 1.89. The first-order chi connectivity index (χ1) is 9.99. The summed E-state index contributed by atoms with van der Waals surface area (Å²) in [5.74, 6) is 0.800. The molecular weight excluding hydrogens is 286 g/mol. The molecule has 0 heterocycles. The third kappa shape index (κ3) is 4.74. The molecule has 0 aromatic heterocycles. The highest BCUT2D eigenvalue weighted by Gasteiger charge is 2.15. The van der Waals surface area contributed by atoms with Gasteiger partial charge in [-0.1, -0.05) is 25.0 Å². The van der Waals surface area contributed by atoms with Crippen LogP contribution in [0, 0.1) is 0 Å². The molecule has 0 amide bonds. The first kappa shape index (κ1) is 15.8. The average molecular weight is 309 g/mol. The van der Waals surface area contributed by atoms with Crippen molar-refractivity contribution in [2.24, 2.45) is 4.99 Å². The van der Waals surface area contributed by atoms with Crippen LogP contribution in [0.25, 0.3) is 0 Å². The van der Waals surface area contributed by atoms with Gasteiger partial charge in [0.2, 0.25) is 0 Å². The molecule has 0 atom stereocenters. The largest absolute Gasteiger partial charge is 0.354 e. The molecule has 2 rings (SSSR count). The number of aliphatic imine (C=N–C) groups is 1. The van der Waals surface area contributed by atoms with Gasteiger partial charge in [-0.3, -0.25) is 4.99 Å². The average Bonchev–Trinajstić information content (AvgIpc) is 2.96. The van der Waals surface area contributed by atoms with Crippen LogP contribution in [-0.2, 0) is 16.4 Å². The molecule has 0 unspecified atom stereocenters. The number of nitrogens with one attached hydrogen (secondary N) is 2. The van der Waals surface area contributed by atoms with Gasteiger partial charge in [0.1, 0.15) is 0 Å². The van der Waals surface area contributed by atoms with Gasteiger partial charge in [-0.2, -0.15) is 0 Å². The topological polar surface area (TPSA) is 70.6 Å². The van der Waals surface area contributed by atoms with Crippen molar-refractivity contribution in [3.63, 3.8) is 0 Å². The van der Waals surface area contributed by atoms with Gasteiger partial charge in [0.15, 0.2) is 15.8 Å². The Morgan fingerprint density at radius 1 is 1.24 bits per heavy atom. The van der Waals surface area contributed by atoms with Crippen molar-refractivity contribution in [1.29, 1.82) is 0 Å². The Morgan fingerprint density at radius 2 is 1.86 bits per heavy atom. The summed E-state index contributed by atoms with van der Waals surface area (Å²) in [7, 11) is -1.37. The zero-order chi connectivity index (χ0) is 15.3. The summed E-state index contributed by atoms with van der Waals surface area (Å²) in [6, 6.07) is 7.45. The fourth-order valence-corrected chi connectivity index (χ4v) is 3.13. The molecule has 1 aromatic carbocycles. The summed E-state index contributed by atoms with van der Waals surface area (Å²) in [6.45, 7) is 0.621. The second kappa shape index (κ2) is 6.93. The van der Waals surface area contributed by atoms with Crippen LogP contribution < -0.4 is 10.6 Å². The minimum Gasteiger partial charge on any atom is -0.354 e. The number of rotatable bonds is 4. The Bertz CT molecular complexity index is 588. The van der Waals surface area contributed by atoms with Crippen molar-refractivity contribution in [3.05, 3.63) is 29.8 Å². The number of hydrogen-bond donors (Lipinski definition) is 2. The highest BCUT2D eigenvalue weighted by atomic mass is 32.2. The second-order valence-corrected chi connectivity index (χ2v) is 7.48. The number of benzene rings is 1. The maximum Gasteiger partial charge on any atom is 0.191 e. The molecule has 0 bridgehead atoms. The van der Waals surface area contributed by atoms with E-state index in [9.17, 15) is 8.42 Å². The first-order valence-corrected chi connectivity index (χ1v) is 9.14. The first-order valence-electron chi connectivity index (χ1n) is 7.25. The van der Waals surface area contributed by atoms with Crippen molar-refractivity contribution in [3.8, 4) is 0 Å². The van der Waals surface area contributed by atoms with Crippen LogP contribution in [0.15, 0.2) is 34.2 Å². The van der Waals surface area contributed by atoms with Crippen LogP contribution >= 0.6 is 0 Å². The predicted octanol–water partition coefficient (Wildman–Crippen LogP) is 1.70. The van der Waals surface area contributed by atoms with Crippen LogP contribution in [0.1, 0.15) is 31.2 Å². The zero-order valence-corrected chi connectivity index (χ0v) is 13.4. The third-order valence-corrected chi connectivity index (χ3v) is 4.86. The molecule has 5 nitrogen and oxygen atoms in total. The lowest BCUT2D eigenvalue weighted by Gasteiger charge is -2.16. The molecule has 0 radical (unpaired) electrons. The molecule has 1 aliphatic carbocycles. The summed E-state index contributed by atoms with van der Waals surface area (Å²) < 4.78 is 22.8. The molecule has 116 valence electrons. The smallest absolute Gasteiger partial charge is 0.191 e. The maximum absolute atomic E-state index is 11.4. The summed E-state index contributed by atoms with van der Waals surface area (Å²) >= 11 is 0. The van der Waals surface area contributed by atoms with E-state index in [1.54, 1.807) is 19.2 Å². The quantitative estimate of drug-likeness (QED) is 0.656. The van der Waals surface area contributed by atoms with E-state index in [0.717, 1.165) is 11.5 Å². The van der Waals surface area contributed by atoms with Crippen LogP contribution in [0.5, 0.6) is 0 Å². The van der Waals surface area contributed by atoms with Gasteiger partial charge in [0.05, 0.1) is 4.90 Å². The molecule has 1 fully saturated rings. The van der Waals surface area contributed by atoms with E-state index >= 15 is 0 Å². The van der Waals surface area contributed by atoms with Gasteiger partial charge in [-0.25, -0.2) is 8.42 Å². The Labute approximate surface area is 126 Å². The molecule has 2 N–H and O–H groups in total. The SMILES string of the molecule is CN=C(NCc1ccc(S(C)(=O)=O)cc1)NC1CCCC1. The summed E-state index contributed by atoms with van der Waals surface area (Å²) in [6.07, 6.45) is 6.17. The van der Waals surface area contributed by atoms with E-state index in [2.05, 4.69) is 15.6 Å². The maximum atomic E-state index is 11.4. The van der Waals surface area contributed by atoms with Crippen LogP contribution in [0.2, 0.25) is 0 Å². The second-order valence-electron chi connectivity index (χ2n) is 5.47. The van der Waals surface area contributed by atoms with Crippen LogP contribution in [0.3, 0.4) is 0 Å². The Kier molecular flexibility index (Phi) is 5.22. The van der Waals surface area contributed by atoms with Crippen molar-refractivity contribution in [2.45, 2.75) is 43.2 Å². The number of guanidine groups is 1. The molecule has 21 heavy (non-hydrogen) atoms. The molecule has 0 saturated heterocycles. The van der Waals surface area contributed by atoms with Crippen molar-refractivity contribution >= 4 is 15.8 Å². The van der Waals surface area contributed by atoms with Crippen molar-refractivity contribution in [1.82, 2.24) is 10.6 Å². The summed E-state index contributed by atoms with van der Waals surface area (Å²) in [5, 5.41) is 6.67. The van der Waals surface area contributed by atoms with Crippen molar-refractivity contribution < 1.29 is 8.42 Å². The lowest BCUT2D eigenvalue weighted by atomic mass is 10.2. The Morgan fingerprint density at radius 3 is 2.38 bits per heavy atom. The van der Waals surface area contributed by atoms with E-state index in [1.807, 2.05) is 12.1 Å². The normalized spacial score (nSPS) is 17.0. The van der Waals surface area contributed by atoms with Crippen LogP contribution in [0.4, 0.5) is 0 Å². The minimum absolute atomic E-state index is 0.347. The predicted molar refractivity (Wildman–Crippen MR) is 85.1 cm³/mol. The summed E-state index contributed by atoms with van der Waals surface area (Å²) in [4.78, 5) is 4.57. The fraction of sp³-hybridized carbons (Fsp3) is 0.533. The molecular formula is C15H23N3O2S. The van der Waals surface area contributed by atoms with Gasteiger partial charge in [0, 0.05) is 25.9 Å². The molecule has 0 spiro atoms. The van der Waals surface area contributed by atoms with Crippen LogP contribution in [-0.4, -0.2) is 33.7 Å². The highest BCUT2D eigenvalue weighted by Crippen LogP contribution is 2.17. The number of sulfone groups is 1. The lowest BCUT2D eigenvalue weighted by Crippen LogP contribution is -2.41. The Hall–Kier alpha value is -1.56. The third-order valence-electron chi connectivity index (χ3n) is 3.73. The molecule has 1 aromatic rings. The molecule has 1 saturated carbocycles.